The van der Waals surface area contributed by atoms with Gasteiger partial charge in [-0.3, -0.25) is 34.1 Å². The van der Waals surface area contributed by atoms with Crippen LogP contribution in [0.25, 0.3) is 0 Å². The lowest BCUT2D eigenvalue weighted by molar-refractivity contribution is -0.386. The number of nitro groups is 1. The first-order valence-corrected chi connectivity index (χ1v) is 16.2. The number of nitrogens with one attached hydrogen (secondary N) is 1. The molecule has 0 bridgehead atoms. The third kappa shape index (κ3) is 13.6. The van der Waals surface area contributed by atoms with Gasteiger partial charge in [0, 0.05) is 71.5 Å². The van der Waals surface area contributed by atoms with E-state index >= 15 is 0 Å². The quantitative estimate of drug-likeness (QED) is 0.0457. The fourth-order valence-electron chi connectivity index (χ4n) is 5.08. The lowest BCUT2D eigenvalue weighted by Crippen LogP contribution is -2.31. The van der Waals surface area contributed by atoms with Crippen molar-refractivity contribution in [3.63, 3.8) is 0 Å². The van der Waals surface area contributed by atoms with Gasteiger partial charge in [-0.25, -0.2) is 4.79 Å². The van der Waals surface area contributed by atoms with Crippen LogP contribution in [0.3, 0.4) is 0 Å². The fraction of sp³-hybridized carbons (Fsp3) is 0.588. The Hall–Kier alpha value is -5.00. The molecule has 1 aliphatic carbocycles. The number of alkyl carbamates (subject to hydrolysis) is 1. The van der Waals surface area contributed by atoms with Crippen LogP contribution in [0, 0.1) is 22.5 Å². The Balaban J connectivity index is 1.98. The van der Waals surface area contributed by atoms with Crippen molar-refractivity contribution in [2.75, 3.05) is 34.4 Å². The van der Waals surface area contributed by atoms with Gasteiger partial charge in [-0.05, 0) is 31.7 Å². The van der Waals surface area contributed by atoms with E-state index in [1.54, 1.807) is 0 Å². The number of nitrogens with zero attached hydrogens (tertiary/aromatic N) is 2. The highest BCUT2D eigenvalue weighted by atomic mass is 16.6. The number of hydrogen-bond acceptors (Lipinski definition) is 12. The predicted octanol–water partition coefficient (Wildman–Crippen LogP) is 4.17. The van der Waals surface area contributed by atoms with E-state index in [0.717, 1.165) is 0 Å². The molecule has 1 unspecified atom stereocenters. The number of ketones is 3. The first kappa shape index (κ1) is 40.2. The van der Waals surface area contributed by atoms with E-state index in [1.165, 1.54) is 38.3 Å². The van der Waals surface area contributed by atoms with Crippen molar-refractivity contribution in [3.8, 4) is 23.8 Å². The Labute approximate surface area is 285 Å². The van der Waals surface area contributed by atoms with E-state index in [1.807, 2.05) is 0 Å². The summed E-state index contributed by atoms with van der Waals surface area (Å²) in [6.45, 7) is 0.307. The number of hydrogen-bond donors (Lipinski definition) is 1. The summed E-state index contributed by atoms with van der Waals surface area (Å²) < 4.78 is 21.2. The molecule has 49 heavy (non-hydrogen) atoms. The average molecular weight is 688 g/mol. The van der Waals surface area contributed by atoms with Crippen molar-refractivity contribution >= 4 is 41.0 Å². The van der Waals surface area contributed by atoms with E-state index in [4.69, 9.17) is 25.4 Å². The number of nitro benzene ring substituents is 1. The van der Waals surface area contributed by atoms with Crippen LogP contribution < -0.4 is 14.8 Å². The van der Waals surface area contributed by atoms with Crippen molar-refractivity contribution in [2.24, 2.45) is 0 Å². The monoisotopic (exact) mass is 687 g/mol. The average Bonchev–Trinajstić information content (AvgIpc) is 3.39. The smallest absolute Gasteiger partial charge is 0.407 e. The van der Waals surface area contributed by atoms with Gasteiger partial charge < -0.3 is 29.2 Å². The Morgan fingerprint density at radius 2 is 1.61 bits per heavy atom. The molecule has 0 saturated heterocycles. The molecule has 2 rings (SSSR count). The largest absolute Gasteiger partial charge is 0.493 e. The zero-order chi connectivity index (χ0) is 36.3. The third-order valence-electron chi connectivity index (χ3n) is 7.90. The molecular weight excluding hydrogens is 642 g/mol. The summed E-state index contributed by atoms with van der Waals surface area (Å²) in [6, 6.07) is 2.53. The van der Waals surface area contributed by atoms with Gasteiger partial charge in [0.2, 0.25) is 12.0 Å². The summed E-state index contributed by atoms with van der Waals surface area (Å²) in [5.41, 5.74) is -0.325. The van der Waals surface area contributed by atoms with Gasteiger partial charge in [0.25, 0.3) is 5.69 Å². The van der Waals surface area contributed by atoms with Crippen molar-refractivity contribution in [1.82, 2.24) is 10.2 Å². The molecule has 1 saturated carbocycles. The number of amides is 2. The van der Waals surface area contributed by atoms with Gasteiger partial charge in [0.15, 0.2) is 23.1 Å². The predicted molar refractivity (Wildman–Crippen MR) is 175 cm³/mol. The van der Waals surface area contributed by atoms with Crippen molar-refractivity contribution < 1.29 is 52.6 Å². The lowest BCUT2D eigenvalue weighted by atomic mass is 10.0. The number of carbonyl (C=O) groups is 6. The molecule has 1 aromatic rings. The van der Waals surface area contributed by atoms with Crippen molar-refractivity contribution in [1.29, 1.82) is 0 Å². The molecule has 15 heteroatoms. The van der Waals surface area contributed by atoms with Crippen molar-refractivity contribution in [2.45, 2.75) is 95.7 Å². The molecular formula is C34H45N3O12. The number of ether oxygens (including phenoxy) is 4. The number of esters is 1. The second kappa shape index (κ2) is 21.1. The first-order chi connectivity index (χ1) is 23.4. The minimum absolute atomic E-state index is 0.00151. The molecule has 15 nitrogen and oxygen atoms in total. The van der Waals surface area contributed by atoms with E-state index in [2.05, 4.69) is 11.2 Å². The molecule has 0 spiro atoms. The van der Waals surface area contributed by atoms with Crippen LogP contribution in [-0.4, -0.2) is 85.6 Å². The summed E-state index contributed by atoms with van der Waals surface area (Å²) in [4.78, 5) is 85.6. The highest BCUT2D eigenvalue weighted by Gasteiger charge is 2.36. The summed E-state index contributed by atoms with van der Waals surface area (Å²) in [7, 11) is 4.22. The van der Waals surface area contributed by atoms with E-state index < -0.39 is 40.8 Å². The Bertz CT molecular complexity index is 1390. The molecule has 1 fully saturated rings. The maximum absolute atomic E-state index is 12.8. The third-order valence-corrected chi connectivity index (χ3v) is 7.90. The van der Waals surface area contributed by atoms with Gasteiger partial charge in [0.05, 0.1) is 30.8 Å². The zero-order valence-corrected chi connectivity index (χ0v) is 28.3. The fourth-order valence-corrected chi connectivity index (χ4v) is 5.08. The summed E-state index contributed by atoms with van der Waals surface area (Å²) >= 11 is 0. The maximum Gasteiger partial charge on any atom is 0.407 e. The number of terminal acetylenes is 1. The number of carbonyl (C=O) groups excluding carboxylic acids is 6. The van der Waals surface area contributed by atoms with Gasteiger partial charge in [-0.15, -0.1) is 12.3 Å². The Morgan fingerprint density at radius 3 is 2.24 bits per heavy atom. The van der Waals surface area contributed by atoms with E-state index in [0.29, 0.717) is 51.4 Å². The first-order valence-electron chi connectivity index (χ1n) is 16.2. The van der Waals surface area contributed by atoms with Crippen molar-refractivity contribution in [3.05, 3.63) is 27.8 Å². The molecule has 0 heterocycles. The van der Waals surface area contributed by atoms with E-state index in [-0.39, 0.29) is 79.6 Å². The molecule has 1 aliphatic rings. The van der Waals surface area contributed by atoms with Crippen LogP contribution in [0.2, 0.25) is 0 Å². The summed E-state index contributed by atoms with van der Waals surface area (Å²) in [6.07, 6.45) is 5.69. The number of rotatable bonds is 22. The van der Waals surface area contributed by atoms with Gasteiger partial charge in [0.1, 0.15) is 11.9 Å². The van der Waals surface area contributed by atoms with Gasteiger partial charge in [-0.2, -0.15) is 0 Å². The normalized spacial score (nSPS) is 13.3. The highest BCUT2D eigenvalue weighted by molar-refractivity contribution is 6.12. The topological polar surface area (TPSA) is 198 Å². The molecule has 0 aliphatic heterocycles. The molecule has 0 aromatic heterocycles. The standard InChI is InChI=1S/C34H45N3O12/c1-5-6-12-23(38)13-8-7-11-19-35-34(43)48-28(24-21-29(46-3)30(47-4)22-25(24)37(44)45)18-20-36(2)31(41)14-9-10-15-32(42)49-33-26(39)16-17-27(33)40/h1,21-22,28,33H,6-20H2,2-4H3,(H,35,43). The maximum atomic E-state index is 12.8. The minimum atomic E-state index is -1.33. The zero-order valence-electron chi connectivity index (χ0n) is 28.3. The summed E-state index contributed by atoms with van der Waals surface area (Å²) in [5, 5.41) is 14.6. The van der Waals surface area contributed by atoms with Gasteiger partial charge in [-0.1, -0.05) is 6.42 Å². The molecule has 1 atom stereocenters. The summed E-state index contributed by atoms with van der Waals surface area (Å²) in [5.74, 6) is 1.02. The van der Waals surface area contributed by atoms with E-state index in [9.17, 15) is 38.9 Å². The Kier molecular flexibility index (Phi) is 17.3. The number of Topliss-reactive ketones (excluding diaryl/α,β-unsaturated/α-hetero) is 3. The van der Waals surface area contributed by atoms with Crippen LogP contribution in [-0.2, 0) is 33.4 Å². The molecule has 268 valence electrons. The molecule has 2 amide bonds. The number of benzene rings is 1. The second-order valence-corrected chi connectivity index (χ2v) is 11.5. The van der Waals surface area contributed by atoms with Crippen LogP contribution in [0.1, 0.15) is 95.1 Å². The van der Waals surface area contributed by atoms with Crippen LogP contribution in [0.5, 0.6) is 11.5 Å². The van der Waals surface area contributed by atoms with Crippen LogP contribution in [0.4, 0.5) is 10.5 Å². The Morgan fingerprint density at radius 1 is 0.980 bits per heavy atom. The second-order valence-electron chi connectivity index (χ2n) is 11.5. The molecule has 1 N–H and O–H groups in total. The highest BCUT2D eigenvalue weighted by Crippen LogP contribution is 2.39. The molecule has 1 aromatic carbocycles. The SMILES string of the molecule is C#CCCC(=O)CCCCCNC(=O)OC(CCN(C)C(=O)CCCCC(=O)OC1C(=O)CCC1=O)c1cc(OC)c(OC)cc1[N+](=O)[O-]. The van der Waals surface area contributed by atoms with Gasteiger partial charge >= 0.3 is 12.1 Å². The van der Waals surface area contributed by atoms with Crippen LogP contribution >= 0.6 is 0 Å². The lowest BCUT2D eigenvalue weighted by Gasteiger charge is -2.23. The number of methoxy groups -OCH3 is 2. The minimum Gasteiger partial charge on any atom is -0.493 e. The molecule has 0 radical (unpaired) electrons. The number of unbranched alkanes of at least 4 members (excludes halogenated alkanes) is 3. The van der Waals surface area contributed by atoms with Crippen LogP contribution in [0.15, 0.2) is 12.1 Å².